The van der Waals surface area contributed by atoms with Gasteiger partial charge in [0, 0.05) is 5.56 Å². The van der Waals surface area contributed by atoms with Crippen LogP contribution in [0.5, 0.6) is 0 Å². The maximum atomic E-state index is 12.1. The fourth-order valence-electron chi connectivity index (χ4n) is 2.47. The normalized spacial score (nSPS) is 10.9. The molecule has 4 aromatic rings. The van der Waals surface area contributed by atoms with Gasteiger partial charge >= 0.3 is 5.76 Å². The SMILES string of the molecule is O=C(Cn1nc(-c2ccccc2)oc1=O)NCc1nc2ccccc2s1. The van der Waals surface area contributed by atoms with Crippen molar-refractivity contribution in [2.24, 2.45) is 0 Å². The summed E-state index contributed by atoms with van der Waals surface area (Å²) in [7, 11) is 0. The maximum Gasteiger partial charge on any atom is 0.437 e. The molecule has 2 aromatic carbocycles. The van der Waals surface area contributed by atoms with E-state index in [0.29, 0.717) is 12.1 Å². The van der Waals surface area contributed by atoms with Gasteiger partial charge in [-0.15, -0.1) is 16.4 Å². The summed E-state index contributed by atoms with van der Waals surface area (Å²) in [5.74, 6) is -0.812. The van der Waals surface area contributed by atoms with Crippen molar-refractivity contribution in [2.45, 2.75) is 13.1 Å². The molecule has 26 heavy (non-hydrogen) atoms. The van der Waals surface area contributed by atoms with E-state index in [9.17, 15) is 9.59 Å². The molecule has 0 atom stereocenters. The van der Waals surface area contributed by atoms with Crippen LogP contribution in [-0.4, -0.2) is 20.7 Å². The highest BCUT2D eigenvalue weighted by Crippen LogP contribution is 2.21. The number of fused-ring (bicyclic) bond motifs is 1. The number of nitrogens with one attached hydrogen (secondary N) is 1. The topological polar surface area (TPSA) is 90.0 Å². The van der Waals surface area contributed by atoms with E-state index in [-0.39, 0.29) is 18.3 Å². The number of carbonyl (C=O) groups is 1. The Morgan fingerprint density at radius 1 is 1.12 bits per heavy atom. The summed E-state index contributed by atoms with van der Waals surface area (Å²) >= 11 is 1.52. The highest BCUT2D eigenvalue weighted by molar-refractivity contribution is 7.18. The molecule has 2 heterocycles. The van der Waals surface area contributed by atoms with E-state index in [0.717, 1.165) is 19.9 Å². The van der Waals surface area contributed by atoms with Crippen molar-refractivity contribution in [1.82, 2.24) is 20.1 Å². The summed E-state index contributed by atoms with van der Waals surface area (Å²) in [5.41, 5.74) is 1.58. The minimum absolute atomic E-state index is 0.189. The molecule has 0 aliphatic heterocycles. The molecule has 0 fully saturated rings. The molecule has 0 saturated carbocycles. The van der Waals surface area contributed by atoms with Gasteiger partial charge in [-0.2, -0.15) is 4.68 Å². The van der Waals surface area contributed by atoms with E-state index in [2.05, 4.69) is 15.4 Å². The minimum atomic E-state index is -0.668. The van der Waals surface area contributed by atoms with Crippen LogP contribution in [0, 0.1) is 0 Å². The number of amides is 1. The van der Waals surface area contributed by atoms with Crippen LogP contribution in [0.1, 0.15) is 5.01 Å². The van der Waals surface area contributed by atoms with Crippen molar-refractivity contribution in [3.8, 4) is 11.5 Å². The van der Waals surface area contributed by atoms with Crippen LogP contribution in [0.15, 0.2) is 63.8 Å². The fraction of sp³-hybridized carbons (Fsp3) is 0.111. The number of hydrogen-bond acceptors (Lipinski definition) is 6. The number of thiazole rings is 1. The van der Waals surface area contributed by atoms with Crippen LogP contribution in [0.25, 0.3) is 21.7 Å². The molecule has 0 bridgehead atoms. The molecule has 1 amide bonds. The lowest BCUT2D eigenvalue weighted by Gasteiger charge is -2.01. The van der Waals surface area contributed by atoms with Crippen LogP contribution in [-0.2, 0) is 17.9 Å². The predicted molar refractivity (Wildman–Crippen MR) is 97.7 cm³/mol. The monoisotopic (exact) mass is 366 g/mol. The summed E-state index contributed by atoms with van der Waals surface area (Å²) in [5, 5.41) is 7.63. The van der Waals surface area contributed by atoms with Crippen LogP contribution in [0.3, 0.4) is 0 Å². The average Bonchev–Trinajstić information content (AvgIpc) is 3.24. The predicted octanol–water partition coefficient (Wildman–Crippen LogP) is 2.43. The quantitative estimate of drug-likeness (QED) is 0.586. The Morgan fingerprint density at radius 2 is 1.88 bits per heavy atom. The fourth-order valence-corrected chi connectivity index (χ4v) is 3.37. The lowest BCUT2D eigenvalue weighted by molar-refractivity contribution is -0.122. The van der Waals surface area contributed by atoms with E-state index in [4.69, 9.17) is 4.42 Å². The van der Waals surface area contributed by atoms with Gasteiger partial charge in [-0.3, -0.25) is 4.79 Å². The second-order valence-electron chi connectivity index (χ2n) is 5.55. The first-order valence-corrected chi connectivity index (χ1v) is 8.75. The number of rotatable bonds is 5. The smallest absolute Gasteiger partial charge is 0.388 e. The highest BCUT2D eigenvalue weighted by atomic mass is 32.1. The van der Waals surface area contributed by atoms with Crippen molar-refractivity contribution < 1.29 is 9.21 Å². The Hall–Kier alpha value is -3.26. The number of aromatic nitrogens is 3. The van der Waals surface area contributed by atoms with Gasteiger partial charge < -0.3 is 9.73 Å². The molecule has 0 unspecified atom stereocenters. The van der Waals surface area contributed by atoms with Crippen molar-refractivity contribution in [3.63, 3.8) is 0 Å². The summed E-state index contributed by atoms with van der Waals surface area (Å²) < 4.78 is 7.19. The molecule has 2 aromatic heterocycles. The molecule has 0 radical (unpaired) electrons. The summed E-state index contributed by atoms with van der Waals surface area (Å²) in [6.45, 7) is 0.0936. The van der Waals surface area contributed by atoms with Crippen molar-refractivity contribution in [1.29, 1.82) is 0 Å². The molecule has 0 saturated heterocycles. The average molecular weight is 366 g/mol. The molecular weight excluding hydrogens is 352 g/mol. The van der Waals surface area contributed by atoms with Gasteiger partial charge in [0.25, 0.3) is 0 Å². The van der Waals surface area contributed by atoms with Crippen molar-refractivity contribution in [3.05, 3.63) is 70.2 Å². The second-order valence-corrected chi connectivity index (χ2v) is 6.66. The van der Waals surface area contributed by atoms with Crippen LogP contribution < -0.4 is 11.1 Å². The minimum Gasteiger partial charge on any atom is -0.388 e. The van der Waals surface area contributed by atoms with Gasteiger partial charge in [0.05, 0.1) is 16.8 Å². The summed E-state index contributed by atoms with van der Waals surface area (Å²) in [6, 6.07) is 16.8. The lowest BCUT2D eigenvalue weighted by atomic mass is 10.2. The lowest BCUT2D eigenvalue weighted by Crippen LogP contribution is -2.31. The Bertz CT molecular complexity index is 1080. The first kappa shape index (κ1) is 16.2. The zero-order valence-electron chi connectivity index (χ0n) is 13.6. The molecule has 0 aliphatic carbocycles. The van der Waals surface area contributed by atoms with Gasteiger partial charge in [0.15, 0.2) is 0 Å². The van der Waals surface area contributed by atoms with Crippen LogP contribution >= 0.6 is 11.3 Å². The van der Waals surface area contributed by atoms with Crippen LogP contribution in [0.2, 0.25) is 0 Å². The zero-order chi connectivity index (χ0) is 17.9. The molecule has 130 valence electrons. The molecule has 1 N–H and O–H groups in total. The van der Waals surface area contributed by atoms with Gasteiger partial charge in [0.1, 0.15) is 11.6 Å². The van der Waals surface area contributed by atoms with Gasteiger partial charge in [-0.1, -0.05) is 30.3 Å². The molecule has 0 aliphatic rings. The Labute approximate surface area is 151 Å². The van der Waals surface area contributed by atoms with E-state index >= 15 is 0 Å². The maximum absolute atomic E-state index is 12.1. The Kier molecular flexibility index (Phi) is 4.32. The van der Waals surface area contributed by atoms with Gasteiger partial charge in [0.2, 0.25) is 11.8 Å². The number of benzene rings is 2. The highest BCUT2D eigenvalue weighted by Gasteiger charge is 2.13. The molecule has 7 nitrogen and oxygen atoms in total. The van der Waals surface area contributed by atoms with E-state index in [1.807, 2.05) is 42.5 Å². The third-order valence-corrected chi connectivity index (χ3v) is 4.73. The van der Waals surface area contributed by atoms with Crippen LogP contribution in [0.4, 0.5) is 0 Å². The van der Waals surface area contributed by atoms with E-state index in [1.165, 1.54) is 11.3 Å². The number of carbonyl (C=O) groups excluding carboxylic acids is 1. The largest absolute Gasteiger partial charge is 0.437 e. The Morgan fingerprint density at radius 3 is 2.69 bits per heavy atom. The first-order valence-electron chi connectivity index (χ1n) is 7.93. The molecule has 4 rings (SSSR count). The second kappa shape index (κ2) is 6.93. The van der Waals surface area contributed by atoms with Crippen molar-refractivity contribution >= 4 is 27.5 Å². The zero-order valence-corrected chi connectivity index (χ0v) is 14.4. The number of para-hydroxylation sites is 1. The standard InChI is InChI=1S/C18H14N4O3S/c23-15(19-10-16-20-13-8-4-5-9-14(13)26-16)11-22-18(24)25-17(21-22)12-6-2-1-3-7-12/h1-9H,10-11H2,(H,19,23). The van der Waals surface area contributed by atoms with Gasteiger partial charge in [-0.05, 0) is 24.3 Å². The Balaban J connectivity index is 1.42. The van der Waals surface area contributed by atoms with E-state index < -0.39 is 5.76 Å². The third-order valence-electron chi connectivity index (χ3n) is 3.70. The van der Waals surface area contributed by atoms with Crippen molar-refractivity contribution in [2.75, 3.05) is 0 Å². The molecular formula is C18H14N4O3S. The number of nitrogens with zero attached hydrogens (tertiary/aromatic N) is 3. The summed E-state index contributed by atoms with van der Waals surface area (Å²) in [6.07, 6.45) is 0. The number of hydrogen-bond donors (Lipinski definition) is 1. The third kappa shape index (κ3) is 3.40. The molecule has 0 spiro atoms. The van der Waals surface area contributed by atoms with E-state index in [1.54, 1.807) is 12.1 Å². The molecule has 8 heteroatoms. The first-order chi connectivity index (χ1) is 12.7. The van der Waals surface area contributed by atoms with Gasteiger partial charge in [-0.25, -0.2) is 9.78 Å². The summed E-state index contributed by atoms with van der Waals surface area (Å²) in [4.78, 5) is 28.5.